The fourth-order valence-electron chi connectivity index (χ4n) is 2.06. The quantitative estimate of drug-likeness (QED) is 0.805. The molecule has 4 nitrogen and oxygen atoms in total. The van der Waals surface area contributed by atoms with Crippen LogP contribution >= 0.6 is 0 Å². The molecule has 0 spiro atoms. The number of esters is 1. The number of halogens is 1. The highest BCUT2D eigenvalue weighted by molar-refractivity contribution is 5.78. The van der Waals surface area contributed by atoms with Crippen LogP contribution in [0, 0.1) is 5.82 Å². The number of nitrogens with one attached hydrogen (secondary N) is 1. The first-order valence-electron chi connectivity index (χ1n) is 7.19. The minimum atomic E-state index is -0.884. The molecule has 0 aliphatic rings. The maximum atomic E-state index is 13.0. The molecule has 2 rings (SSSR count). The summed E-state index contributed by atoms with van der Waals surface area (Å²) in [5, 5.41) is 3.11. The normalized spacial score (nSPS) is 13.5. The molecule has 0 aromatic heterocycles. The molecule has 0 fully saturated rings. The van der Waals surface area contributed by atoms with Crippen LogP contribution in [0.25, 0.3) is 6.08 Å². The van der Waals surface area contributed by atoms with E-state index >= 15 is 0 Å². The van der Waals surface area contributed by atoms with Crippen LogP contribution in [-0.4, -0.2) is 25.2 Å². The molecule has 2 aromatic rings. The lowest BCUT2D eigenvalue weighted by Gasteiger charge is -2.21. The Morgan fingerprint density at radius 2 is 1.83 bits per heavy atom. The molecule has 0 amide bonds. The third-order valence-electron chi connectivity index (χ3n) is 3.33. The maximum absolute atomic E-state index is 13.0. The highest BCUT2D eigenvalue weighted by Gasteiger charge is 2.23. The van der Waals surface area contributed by atoms with E-state index in [0.717, 1.165) is 5.56 Å². The molecular weight excluding hydrogens is 295 g/mol. The fourth-order valence-corrected chi connectivity index (χ4v) is 2.06. The van der Waals surface area contributed by atoms with Crippen molar-refractivity contribution in [3.8, 4) is 0 Å². The van der Waals surface area contributed by atoms with Gasteiger partial charge in [0.25, 0.3) is 0 Å². The lowest BCUT2D eigenvalue weighted by atomic mass is 10.1. The number of ether oxygens (including phenoxy) is 1. The van der Waals surface area contributed by atoms with Crippen LogP contribution in [0.4, 0.5) is 10.1 Å². The van der Waals surface area contributed by atoms with Gasteiger partial charge in [-0.15, -0.1) is 0 Å². The van der Waals surface area contributed by atoms with Gasteiger partial charge in [-0.3, -0.25) is 4.79 Å². The lowest BCUT2D eigenvalue weighted by Crippen LogP contribution is -2.45. The Labute approximate surface area is 134 Å². The number of methoxy groups -OCH3 is 1. The van der Waals surface area contributed by atoms with E-state index in [2.05, 4.69) is 5.32 Å². The number of hydrogen-bond acceptors (Lipinski definition) is 4. The standard InChI is InChI=1S/C18H19FN2O2/c1-23-18(22)17(20)16(12-7-13-5-3-2-4-6-13)21-15-10-8-14(19)9-11-15/h2-12,16-17,21H,20H2,1H3/b12-7+/t16-,17+/m0/s1. The van der Waals surface area contributed by atoms with Crippen molar-refractivity contribution in [2.24, 2.45) is 5.73 Å². The van der Waals surface area contributed by atoms with Crippen LogP contribution in [0.2, 0.25) is 0 Å². The average Bonchev–Trinajstić information content (AvgIpc) is 2.59. The molecule has 0 saturated heterocycles. The van der Waals surface area contributed by atoms with Crippen molar-refractivity contribution >= 4 is 17.7 Å². The zero-order valence-corrected chi connectivity index (χ0v) is 12.8. The number of hydrogen-bond donors (Lipinski definition) is 2. The summed E-state index contributed by atoms with van der Waals surface area (Å²) < 4.78 is 17.7. The third-order valence-corrected chi connectivity index (χ3v) is 3.33. The number of anilines is 1. The first kappa shape index (κ1) is 16.7. The summed E-state index contributed by atoms with van der Waals surface area (Å²) >= 11 is 0. The van der Waals surface area contributed by atoms with Gasteiger partial charge in [-0.2, -0.15) is 0 Å². The number of rotatable bonds is 6. The predicted molar refractivity (Wildman–Crippen MR) is 89.3 cm³/mol. The highest BCUT2D eigenvalue weighted by Crippen LogP contribution is 2.13. The lowest BCUT2D eigenvalue weighted by molar-refractivity contribution is -0.142. The highest BCUT2D eigenvalue weighted by atomic mass is 19.1. The van der Waals surface area contributed by atoms with Gasteiger partial charge >= 0.3 is 5.97 Å². The minimum absolute atomic E-state index is 0.329. The van der Waals surface area contributed by atoms with Crippen molar-refractivity contribution in [3.63, 3.8) is 0 Å². The maximum Gasteiger partial charge on any atom is 0.325 e. The van der Waals surface area contributed by atoms with E-state index in [1.807, 2.05) is 36.4 Å². The average molecular weight is 314 g/mol. The first-order valence-corrected chi connectivity index (χ1v) is 7.19. The summed E-state index contributed by atoms with van der Waals surface area (Å²) in [4.78, 5) is 11.7. The van der Waals surface area contributed by atoms with Gasteiger partial charge in [0.15, 0.2) is 0 Å². The van der Waals surface area contributed by atoms with Gasteiger partial charge in [0.1, 0.15) is 11.9 Å². The van der Waals surface area contributed by atoms with Crippen LogP contribution in [0.3, 0.4) is 0 Å². The topological polar surface area (TPSA) is 64.3 Å². The molecule has 0 aliphatic carbocycles. The third kappa shape index (κ3) is 4.93. The van der Waals surface area contributed by atoms with E-state index < -0.39 is 18.1 Å². The second-order valence-corrected chi connectivity index (χ2v) is 5.00. The zero-order chi connectivity index (χ0) is 16.7. The molecule has 0 aliphatic heterocycles. The Kier molecular flexibility index (Phi) is 5.88. The molecule has 3 N–H and O–H groups in total. The van der Waals surface area contributed by atoms with E-state index in [9.17, 15) is 9.18 Å². The Balaban J connectivity index is 2.19. The Morgan fingerprint density at radius 3 is 2.43 bits per heavy atom. The van der Waals surface area contributed by atoms with Crippen LogP contribution < -0.4 is 11.1 Å². The smallest absolute Gasteiger partial charge is 0.325 e. The van der Waals surface area contributed by atoms with Gasteiger partial charge in [0.05, 0.1) is 13.2 Å². The van der Waals surface area contributed by atoms with Crippen LogP contribution in [0.5, 0.6) is 0 Å². The SMILES string of the molecule is COC(=O)[C@H](N)[C@H](/C=C/c1ccccc1)Nc1ccc(F)cc1. The molecular formula is C18H19FN2O2. The molecule has 0 unspecified atom stereocenters. The summed E-state index contributed by atoms with van der Waals surface area (Å²) in [6.07, 6.45) is 3.66. The van der Waals surface area contributed by atoms with E-state index in [4.69, 9.17) is 10.5 Å². The molecule has 5 heteroatoms. The summed E-state index contributed by atoms with van der Waals surface area (Å²) in [5.41, 5.74) is 7.59. The van der Waals surface area contributed by atoms with E-state index in [1.54, 1.807) is 18.2 Å². The Hall–Kier alpha value is -2.66. The molecule has 120 valence electrons. The van der Waals surface area contributed by atoms with Gasteiger partial charge in [-0.05, 0) is 29.8 Å². The van der Waals surface area contributed by atoms with Crippen molar-refractivity contribution in [2.75, 3.05) is 12.4 Å². The monoisotopic (exact) mass is 314 g/mol. The largest absolute Gasteiger partial charge is 0.468 e. The van der Waals surface area contributed by atoms with E-state index in [-0.39, 0.29) is 5.82 Å². The van der Waals surface area contributed by atoms with Crippen LogP contribution in [0.1, 0.15) is 5.56 Å². The van der Waals surface area contributed by atoms with Gasteiger partial charge in [-0.1, -0.05) is 42.5 Å². The van der Waals surface area contributed by atoms with Crippen molar-refractivity contribution < 1.29 is 13.9 Å². The Bertz CT molecular complexity index is 656. The number of nitrogens with two attached hydrogens (primary N) is 1. The summed E-state index contributed by atoms with van der Waals surface area (Å²) in [6, 6.07) is 14.1. The molecule has 2 aromatic carbocycles. The predicted octanol–water partition coefficient (Wildman–Crippen LogP) is 2.82. The number of benzene rings is 2. The van der Waals surface area contributed by atoms with Crippen molar-refractivity contribution in [3.05, 3.63) is 72.1 Å². The molecule has 0 saturated carbocycles. The van der Waals surface area contributed by atoms with Gasteiger partial charge < -0.3 is 15.8 Å². The first-order chi connectivity index (χ1) is 11.1. The fraction of sp³-hybridized carbons (Fsp3) is 0.167. The molecule has 0 radical (unpaired) electrons. The Morgan fingerprint density at radius 1 is 1.17 bits per heavy atom. The molecule has 2 atom stereocenters. The van der Waals surface area contributed by atoms with Crippen LogP contribution in [0.15, 0.2) is 60.7 Å². The van der Waals surface area contributed by atoms with Crippen LogP contribution in [-0.2, 0) is 9.53 Å². The number of carbonyl (C=O) groups excluding carboxylic acids is 1. The summed E-state index contributed by atoms with van der Waals surface area (Å²) in [6.45, 7) is 0. The van der Waals surface area contributed by atoms with Crippen molar-refractivity contribution in [1.29, 1.82) is 0 Å². The second-order valence-electron chi connectivity index (χ2n) is 5.00. The number of carbonyl (C=O) groups is 1. The molecule has 23 heavy (non-hydrogen) atoms. The van der Waals surface area contributed by atoms with Gasteiger partial charge in [0.2, 0.25) is 0 Å². The molecule has 0 bridgehead atoms. The summed E-state index contributed by atoms with van der Waals surface area (Å²) in [7, 11) is 1.29. The van der Waals surface area contributed by atoms with E-state index in [1.165, 1.54) is 19.2 Å². The van der Waals surface area contributed by atoms with Crippen molar-refractivity contribution in [1.82, 2.24) is 0 Å². The van der Waals surface area contributed by atoms with Gasteiger partial charge in [0, 0.05) is 5.69 Å². The molecule has 0 heterocycles. The van der Waals surface area contributed by atoms with E-state index in [0.29, 0.717) is 5.69 Å². The summed E-state index contributed by atoms with van der Waals surface area (Å²) in [5.74, 6) is -0.855. The minimum Gasteiger partial charge on any atom is -0.468 e. The van der Waals surface area contributed by atoms with Gasteiger partial charge in [-0.25, -0.2) is 4.39 Å². The van der Waals surface area contributed by atoms with Crippen molar-refractivity contribution in [2.45, 2.75) is 12.1 Å². The second kappa shape index (κ2) is 8.10. The zero-order valence-electron chi connectivity index (χ0n) is 12.8.